The van der Waals surface area contributed by atoms with Gasteiger partial charge in [0.2, 0.25) is 0 Å². The van der Waals surface area contributed by atoms with Crippen molar-refractivity contribution in [3.8, 4) is 0 Å². The molecule has 0 saturated carbocycles. The van der Waals surface area contributed by atoms with Gasteiger partial charge in [-0.2, -0.15) is 0 Å². The minimum absolute atomic E-state index is 0.00236. The van der Waals surface area contributed by atoms with E-state index in [0.717, 1.165) is 38.2 Å². The summed E-state index contributed by atoms with van der Waals surface area (Å²) in [6, 6.07) is 13.9. The summed E-state index contributed by atoms with van der Waals surface area (Å²) in [5.74, 6) is 0.803. The van der Waals surface area contributed by atoms with Crippen molar-refractivity contribution in [1.29, 1.82) is 0 Å². The van der Waals surface area contributed by atoms with Crippen molar-refractivity contribution >= 4 is 50.9 Å². The number of hydrogen-bond donors (Lipinski definition) is 3. The first-order valence-electron chi connectivity index (χ1n) is 13.3. The first-order valence-corrected chi connectivity index (χ1v) is 16.0. The van der Waals surface area contributed by atoms with Gasteiger partial charge in [-0.1, -0.05) is 47.6 Å². The van der Waals surface area contributed by atoms with Gasteiger partial charge in [0.15, 0.2) is 0 Å². The third-order valence-corrected chi connectivity index (χ3v) is 10.7. The van der Waals surface area contributed by atoms with Gasteiger partial charge in [0, 0.05) is 36.4 Å². The molecular weight excluding hydrogens is 594 g/mol. The number of nitrogens with one attached hydrogen (secondary N) is 2. The van der Waals surface area contributed by atoms with Gasteiger partial charge in [0.05, 0.1) is 28.0 Å². The van der Waals surface area contributed by atoms with Gasteiger partial charge in [-0.05, 0) is 66.1 Å². The van der Waals surface area contributed by atoms with Crippen molar-refractivity contribution < 1.29 is 13.2 Å². The van der Waals surface area contributed by atoms with E-state index in [9.17, 15) is 13.2 Å². The van der Waals surface area contributed by atoms with Gasteiger partial charge in [-0.3, -0.25) is 4.98 Å². The zero-order valence-electron chi connectivity index (χ0n) is 22.4. The number of sulfonamides is 1. The minimum atomic E-state index is -4.03. The second kappa shape index (κ2) is 11.5. The van der Waals surface area contributed by atoms with Crippen molar-refractivity contribution in [3.05, 3.63) is 95.5 Å². The van der Waals surface area contributed by atoms with Crippen LogP contribution >= 0.6 is 23.4 Å². The van der Waals surface area contributed by atoms with Gasteiger partial charge < -0.3 is 16.0 Å². The van der Waals surface area contributed by atoms with Crippen LogP contribution in [-0.2, 0) is 16.4 Å². The highest BCUT2D eigenvalue weighted by Gasteiger charge is 2.46. The number of anilines is 2. The predicted octanol–water partition coefficient (Wildman–Crippen LogP) is 5.03. The molecule has 1 aliphatic carbocycles. The Hall–Kier alpha value is -3.71. The molecule has 10 nitrogen and oxygen atoms in total. The summed E-state index contributed by atoms with van der Waals surface area (Å²) in [5, 5.41) is 3.40. The lowest BCUT2D eigenvalue weighted by Gasteiger charge is -2.42. The number of hydrogen-bond acceptors (Lipinski definition) is 9. The van der Waals surface area contributed by atoms with Crippen molar-refractivity contribution in [1.82, 2.24) is 19.7 Å². The topological polar surface area (TPSA) is 143 Å². The number of amides is 2. The number of nitrogens with zero attached hydrogens (tertiary/aromatic N) is 4. The van der Waals surface area contributed by atoms with Gasteiger partial charge in [0.1, 0.15) is 10.8 Å². The number of fused-ring (bicyclic) bond motifs is 1. The molecule has 4 aromatic rings. The summed E-state index contributed by atoms with van der Waals surface area (Å²) in [4.78, 5) is 28.8. The number of aromatic nitrogens is 3. The molecule has 2 amide bonds. The molecule has 1 aliphatic heterocycles. The number of benzene rings is 2. The van der Waals surface area contributed by atoms with Crippen LogP contribution in [0.15, 0.2) is 94.2 Å². The maximum Gasteiger partial charge on any atom is 0.333 e. The standard InChI is InChI=1S/C29H28ClN7O3S2/c30-26-22(35-28(38)36-42(39,40)20-5-2-1-3-6-20)7-4-8-23(26)41-25-18-33-24(17-34-25)37-13-10-29(11-14-37)15-19-9-12-32-16-21(19)27(29)31/h1-9,12,16-18,27H,10-11,13-15,31H2,(H2,35,36,38). The third-order valence-electron chi connectivity index (χ3n) is 7.89. The lowest BCUT2D eigenvalue weighted by molar-refractivity contribution is 0.187. The monoisotopic (exact) mass is 621 g/mol. The van der Waals surface area contributed by atoms with E-state index in [4.69, 9.17) is 17.3 Å². The van der Waals surface area contributed by atoms with Crippen LogP contribution in [0.4, 0.5) is 16.3 Å². The zero-order valence-corrected chi connectivity index (χ0v) is 24.8. The Kier molecular flexibility index (Phi) is 7.79. The lowest BCUT2D eigenvalue weighted by atomic mass is 9.73. The summed E-state index contributed by atoms with van der Waals surface area (Å²) >= 11 is 7.86. The van der Waals surface area contributed by atoms with Gasteiger partial charge in [-0.25, -0.2) is 27.9 Å². The Morgan fingerprint density at radius 2 is 1.81 bits per heavy atom. The van der Waals surface area contributed by atoms with E-state index in [1.807, 2.05) is 17.1 Å². The number of rotatable bonds is 6. The Morgan fingerprint density at radius 3 is 2.52 bits per heavy atom. The SMILES string of the molecule is NC1c2cnccc2CC12CCN(c1cnc(Sc3cccc(NC(=O)NS(=O)(=O)c4ccccc4)c3Cl)cn1)CC2. The summed E-state index contributed by atoms with van der Waals surface area (Å²) in [6.45, 7) is 1.69. The van der Waals surface area contributed by atoms with Crippen molar-refractivity contribution in [3.63, 3.8) is 0 Å². The van der Waals surface area contributed by atoms with Crippen LogP contribution in [0.5, 0.6) is 0 Å². The molecule has 42 heavy (non-hydrogen) atoms. The fraction of sp³-hybridized carbons (Fsp3) is 0.241. The van der Waals surface area contributed by atoms with Crippen molar-refractivity contribution in [2.24, 2.45) is 11.1 Å². The molecule has 0 radical (unpaired) electrons. The minimum Gasteiger partial charge on any atom is -0.355 e. The quantitative estimate of drug-likeness (QED) is 0.270. The number of piperidine rings is 1. The molecule has 1 fully saturated rings. The second-order valence-corrected chi connectivity index (χ2v) is 13.5. The smallest absolute Gasteiger partial charge is 0.333 e. The van der Waals surface area contributed by atoms with Gasteiger partial charge >= 0.3 is 6.03 Å². The number of halogens is 1. The molecular formula is C29H28ClN7O3S2. The number of nitrogens with two attached hydrogens (primary N) is 1. The Morgan fingerprint density at radius 1 is 1.02 bits per heavy atom. The maximum atomic E-state index is 12.5. The van der Waals surface area contributed by atoms with Crippen LogP contribution in [0, 0.1) is 5.41 Å². The largest absolute Gasteiger partial charge is 0.355 e. The van der Waals surface area contributed by atoms with Crippen LogP contribution in [0.3, 0.4) is 0 Å². The van der Waals surface area contributed by atoms with Gasteiger partial charge in [0.25, 0.3) is 10.0 Å². The Bertz CT molecular complexity index is 1720. The predicted molar refractivity (Wildman–Crippen MR) is 162 cm³/mol. The van der Waals surface area contributed by atoms with E-state index < -0.39 is 16.1 Å². The molecule has 1 unspecified atom stereocenters. The second-order valence-electron chi connectivity index (χ2n) is 10.4. The van der Waals surface area contributed by atoms with Crippen LogP contribution < -0.4 is 20.7 Å². The summed E-state index contributed by atoms with van der Waals surface area (Å²) < 4.78 is 26.9. The number of carbonyl (C=O) groups is 1. The molecule has 13 heteroatoms. The van der Waals surface area contributed by atoms with Crippen LogP contribution in [-0.4, -0.2) is 42.5 Å². The average Bonchev–Trinajstić information content (AvgIpc) is 3.27. The maximum absolute atomic E-state index is 12.5. The summed E-state index contributed by atoms with van der Waals surface area (Å²) in [7, 11) is -4.03. The summed E-state index contributed by atoms with van der Waals surface area (Å²) in [6.07, 6.45) is 10.1. The number of pyridine rings is 1. The van der Waals surface area contributed by atoms with Crippen molar-refractivity contribution in [2.45, 2.75) is 40.1 Å². The molecule has 3 heterocycles. The van der Waals surface area contributed by atoms with E-state index in [0.29, 0.717) is 9.92 Å². The molecule has 1 atom stereocenters. The van der Waals surface area contributed by atoms with Crippen molar-refractivity contribution in [2.75, 3.05) is 23.3 Å². The molecule has 4 N–H and O–H groups in total. The van der Waals surface area contributed by atoms with Crippen LogP contribution in [0.1, 0.15) is 30.0 Å². The van der Waals surface area contributed by atoms with E-state index in [1.165, 1.54) is 35.0 Å². The molecule has 0 bridgehead atoms. The lowest BCUT2D eigenvalue weighted by Crippen LogP contribution is -2.44. The highest BCUT2D eigenvalue weighted by atomic mass is 35.5. The fourth-order valence-electron chi connectivity index (χ4n) is 5.62. The zero-order chi connectivity index (χ0) is 29.3. The number of urea groups is 1. The molecule has 2 aliphatic rings. The molecule has 1 saturated heterocycles. The first-order chi connectivity index (χ1) is 20.2. The van der Waals surface area contributed by atoms with Crippen LogP contribution in [0.2, 0.25) is 5.02 Å². The highest BCUT2D eigenvalue weighted by molar-refractivity contribution is 7.99. The third kappa shape index (κ3) is 5.67. The Labute approximate surface area is 253 Å². The van der Waals surface area contributed by atoms with E-state index in [-0.39, 0.29) is 27.1 Å². The highest BCUT2D eigenvalue weighted by Crippen LogP contribution is 2.50. The van der Waals surface area contributed by atoms with Gasteiger partial charge in [-0.15, -0.1) is 0 Å². The fourth-order valence-corrected chi connectivity index (χ4v) is 7.62. The molecule has 6 rings (SSSR count). The first kappa shape index (κ1) is 28.4. The normalized spacial score (nSPS) is 17.6. The Balaban J connectivity index is 1.07. The summed E-state index contributed by atoms with van der Waals surface area (Å²) in [5.41, 5.74) is 9.48. The molecule has 2 aromatic heterocycles. The van der Waals surface area contributed by atoms with E-state index in [2.05, 4.69) is 31.2 Å². The average molecular weight is 622 g/mol. The van der Waals surface area contributed by atoms with E-state index >= 15 is 0 Å². The van der Waals surface area contributed by atoms with Crippen LogP contribution in [0.25, 0.3) is 0 Å². The van der Waals surface area contributed by atoms with E-state index in [1.54, 1.807) is 48.8 Å². The molecule has 2 aromatic carbocycles. The number of carbonyl (C=O) groups excluding carboxylic acids is 1. The molecule has 1 spiro atoms. The molecule has 216 valence electrons.